The van der Waals surface area contributed by atoms with Gasteiger partial charge in [0.05, 0.1) is 9.77 Å². The highest BCUT2D eigenvalue weighted by atomic mass is 32.2. The van der Waals surface area contributed by atoms with Crippen molar-refractivity contribution in [2.24, 2.45) is 11.7 Å². The molecule has 0 bridgehead atoms. The Labute approximate surface area is 152 Å². The number of benzene rings is 1. The molecule has 0 saturated heterocycles. The van der Waals surface area contributed by atoms with Crippen LogP contribution in [0.5, 0.6) is 0 Å². The lowest BCUT2D eigenvalue weighted by Crippen LogP contribution is -2.44. The summed E-state index contributed by atoms with van der Waals surface area (Å²) in [6.45, 7) is 0.559. The van der Waals surface area contributed by atoms with E-state index in [0.29, 0.717) is 17.3 Å². The monoisotopic (exact) mass is 378 g/mol. The predicted octanol–water partition coefficient (Wildman–Crippen LogP) is 2.83. The Hall–Kier alpha value is -1.70. The lowest BCUT2D eigenvalue weighted by Gasteiger charge is -2.31. The van der Waals surface area contributed by atoms with Gasteiger partial charge in [-0.05, 0) is 49.6 Å². The summed E-state index contributed by atoms with van der Waals surface area (Å²) in [6.07, 6.45) is 4.18. The van der Waals surface area contributed by atoms with E-state index in [-0.39, 0.29) is 21.1 Å². The number of carbonyl (C=O) groups is 1. The van der Waals surface area contributed by atoms with Crippen molar-refractivity contribution in [1.29, 1.82) is 0 Å². The molecule has 134 valence electrons. The molecule has 25 heavy (non-hydrogen) atoms. The van der Waals surface area contributed by atoms with Gasteiger partial charge in [0.2, 0.25) is 9.84 Å². The number of nitrogens with one attached hydrogen (secondary N) is 1. The summed E-state index contributed by atoms with van der Waals surface area (Å²) < 4.78 is 25.4. The van der Waals surface area contributed by atoms with Gasteiger partial charge in [0, 0.05) is 6.04 Å². The van der Waals surface area contributed by atoms with E-state index < -0.39 is 9.84 Å². The summed E-state index contributed by atoms with van der Waals surface area (Å²) in [4.78, 5) is 13.2. The third kappa shape index (κ3) is 3.94. The number of carbonyl (C=O) groups excluding carboxylic acids is 1. The first kappa shape index (κ1) is 18.1. The van der Waals surface area contributed by atoms with Crippen molar-refractivity contribution in [3.63, 3.8) is 0 Å². The molecule has 2 unspecified atom stereocenters. The number of sulfone groups is 1. The molecule has 2 aromatic rings. The molecule has 5 nitrogen and oxygen atoms in total. The molecule has 1 heterocycles. The number of hydrogen-bond donors (Lipinski definition) is 2. The van der Waals surface area contributed by atoms with E-state index in [4.69, 9.17) is 5.73 Å². The molecule has 1 saturated carbocycles. The minimum Gasteiger partial charge on any atom is -0.348 e. The van der Waals surface area contributed by atoms with Crippen LogP contribution in [0.25, 0.3) is 0 Å². The molecule has 1 amide bonds. The largest absolute Gasteiger partial charge is 0.348 e. The summed E-state index contributed by atoms with van der Waals surface area (Å²) in [5, 5.41) is 3.04. The molecule has 3 rings (SSSR count). The standard InChI is InChI=1S/C18H22N2O3S2/c19-12-13-6-4-5-9-15(13)20-18(21)16-10-11-17(24-16)25(22,23)14-7-2-1-3-8-14/h1-3,7-8,10-11,13,15H,4-6,9,12,19H2,(H,20,21). The maximum atomic E-state index is 12.6. The topological polar surface area (TPSA) is 89.3 Å². The van der Waals surface area contributed by atoms with Gasteiger partial charge in [0.15, 0.2) is 0 Å². The zero-order valence-corrected chi connectivity index (χ0v) is 15.5. The highest BCUT2D eigenvalue weighted by molar-refractivity contribution is 7.93. The molecule has 3 N–H and O–H groups in total. The van der Waals surface area contributed by atoms with E-state index in [9.17, 15) is 13.2 Å². The molecule has 1 fully saturated rings. The smallest absolute Gasteiger partial charge is 0.261 e. The van der Waals surface area contributed by atoms with Crippen LogP contribution in [-0.2, 0) is 9.84 Å². The van der Waals surface area contributed by atoms with Crippen LogP contribution in [0.4, 0.5) is 0 Å². The molecule has 1 aromatic carbocycles. The zero-order valence-electron chi connectivity index (χ0n) is 13.9. The van der Waals surface area contributed by atoms with Crippen molar-refractivity contribution in [3.05, 3.63) is 47.3 Å². The number of thiophene rings is 1. The van der Waals surface area contributed by atoms with Crippen LogP contribution in [0.3, 0.4) is 0 Å². The van der Waals surface area contributed by atoms with Gasteiger partial charge in [0.1, 0.15) is 4.21 Å². The number of amides is 1. The van der Waals surface area contributed by atoms with Gasteiger partial charge in [-0.25, -0.2) is 8.42 Å². The summed E-state index contributed by atoms with van der Waals surface area (Å²) >= 11 is 1.01. The summed E-state index contributed by atoms with van der Waals surface area (Å²) in [7, 11) is -3.58. The minimum atomic E-state index is -3.58. The number of hydrogen-bond acceptors (Lipinski definition) is 5. The Kier molecular flexibility index (Phi) is 5.56. The summed E-state index contributed by atoms with van der Waals surface area (Å²) in [5.41, 5.74) is 5.81. The van der Waals surface area contributed by atoms with E-state index in [0.717, 1.165) is 37.0 Å². The molecule has 0 aliphatic heterocycles. The average Bonchev–Trinajstić information content (AvgIpc) is 3.14. The third-order valence-corrected chi connectivity index (χ3v) is 8.00. The fraction of sp³-hybridized carbons (Fsp3) is 0.389. The lowest BCUT2D eigenvalue weighted by molar-refractivity contribution is 0.0912. The molecule has 7 heteroatoms. The van der Waals surface area contributed by atoms with Gasteiger partial charge >= 0.3 is 0 Å². The first-order valence-electron chi connectivity index (χ1n) is 8.43. The SMILES string of the molecule is NCC1CCCCC1NC(=O)c1ccc(S(=O)(=O)c2ccccc2)s1. The lowest BCUT2D eigenvalue weighted by atomic mass is 9.84. The normalized spacial score (nSPS) is 21.0. The Morgan fingerprint density at radius 3 is 2.56 bits per heavy atom. The van der Waals surface area contributed by atoms with Crippen LogP contribution in [0.2, 0.25) is 0 Å². The van der Waals surface area contributed by atoms with Crippen molar-refractivity contribution in [2.45, 2.75) is 40.8 Å². The second-order valence-electron chi connectivity index (χ2n) is 6.30. The third-order valence-electron chi connectivity index (χ3n) is 4.65. The first-order chi connectivity index (χ1) is 12.0. The quantitative estimate of drug-likeness (QED) is 0.837. The van der Waals surface area contributed by atoms with Gasteiger partial charge in [0.25, 0.3) is 5.91 Å². The molecule has 1 aromatic heterocycles. The Bertz CT molecular complexity index is 831. The van der Waals surface area contributed by atoms with Crippen LogP contribution in [-0.4, -0.2) is 26.9 Å². The van der Waals surface area contributed by atoms with Crippen LogP contribution in [0.15, 0.2) is 51.6 Å². The van der Waals surface area contributed by atoms with E-state index in [1.165, 1.54) is 6.07 Å². The van der Waals surface area contributed by atoms with Gasteiger partial charge in [-0.1, -0.05) is 31.0 Å². The fourth-order valence-electron chi connectivity index (χ4n) is 3.22. The molecular formula is C18H22N2O3S2. The maximum absolute atomic E-state index is 12.6. The molecule has 1 aliphatic rings. The fourth-order valence-corrected chi connectivity index (χ4v) is 5.85. The summed E-state index contributed by atoms with van der Waals surface area (Å²) in [6, 6.07) is 11.4. The second-order valence-corrected chi connectivity index (χ2v) is 9.56. The minimum absolute atomic E-state index is 0.0718. The Balaban J connectivity index is 1.76. The molecule has 2 atom stereocenters. The molecule has 1 aliphatic carbocycles. The van der Waals surface area contributed by atoms with Crippen molar-refractivity contribution in [1.82, 2.24) is 5.32 Å². The summed E-state index contributed by atoms with van der Waals surface area (Å²) in [5.74, 6) is 0.0787. The number of rotatable bonds is 5. The van der Waals surface area contributed by atoms with Gasteiger partial charge in [-0.2, -0.15) is 0 Å². The number of nitrogens with two attached hydrogens (primary N) is 1. The van der Waals surface area contributed by atoms with Crippen molar-refractivity contribution in [3.8, 4) is 0 Å². The first-order valence-corrected chi connectivity index (χ1v) is 10.7. The second kappa shape index (κ2) is 7.68. The van der Waals surface area contributed by atoms with Crippen molar-refractivity contribution >= 4 is 27.1 Å². The highest BCUT2D eigenvalue weighted by Gasteiger charge is 2.27. The van der Waals surface area contributed by atoms with E-state index in [2.05, 4.69) is 5.32 Å². The van der Waals surface area contributed by atoms with Crippen LogP contribution in [0.1, 0.15) is 35.4 Å². The van der Waals surface area contributed by atoms with E-state index in [1.54, 1.807) is 36.4 Å². The predicted molar refractivity (Wildman–Crippen MR) is 98.5 cm³/mol. The maximum Gasteiger partial charge on any atom is 0.261 e. The highest BCUT2D eigenvalue weighted by Crippen LogP contribution is 2.29. The van der Waals surface area contributed by atoms with E-state index in [1.807, 2.05) is 0 Å². The van der Waals surface area contributed by atoms with Crippen LogP contribution in [0, 0.1) is 5.92 Å². The Morgan fingerprint density at radius 2 is 1.84 bits per heavy atom. The van der Waals surface area contributed by atoms with Crippen molar-refractivity contribution < 1.29 is 13.2 Å². The van der Waals surface area contributed by atoms with E-state index >= 15 is 0 Å². The molecule has 0 spiro atoms. The Morgan fingerprint density at radius 1 is 1.12 bits per heavy atom. The van der Waals surface area contributed by atoms with Gasteiger partial charge in [-0.3, -0.25) is 4.79 Å². The molecular weight excluding hydrogens is 356 g/mol. The van der Waals surface area contributed by atoms with Gasteiger partial charge in [-0.15, -0.1) is 11.3 Å². The van der Waals surface area contributed by atoms with Crippen LogP contribution < -0.4 is 11.1 Å². The zero-order chi connectivity index (χ0) is 17.9. The van der Waals surface area contributed by atoms with Gasteiger partial charge < -0.3 is 11.1 Å². The molecule has 0 radical (unpaired) electrons. The average molecular weight is 379 g/mol. The van der Waals surface area contributed by atoms with Crippen molar-refractivity contribution in [2.75, 3.05) is 6.54 Å². The van der Waals surface area contributed by atoms with Crippen LogP contribution >= 0.6 is 11.3 Å².